The number of nitriles is 1. The molecule has 0 saturated carbocycles. The van der Waals surface area contributed by atoms with Crippen molar-refractivity contribution in [2.45, 2.75) is 32.1 Å². The average Bonchev–Trinajstić information content (AvgIpc) is 3.25. The Labute approximate surface area is 242 Å². The van der Waals surface area contributed by atoms with Crippen LogP contribution in [0.5, 0.6) is 0 Å². The Morgan fingerprint density at radius 3 is 1.83 bits per heavy atom. The molecule has 5 heteroatoms. The van der Waals surface area contributed by atoms with Crippen LogP contribution in [-0.4, -0.2) is 23.4 Å². The van der Waals surface area contributed by atoms with Gasteiger partial charge in [0.25, 0.3) is 5.70 Å². The number of hydrogen-bond donors (Lipinski definition) is 2. The number of hydrogen-bond acceptors (Lipinski definition) is 4. The van der Waals surface area contributed by atoms with Gasteiger partial charge >= 0.3 is 0 Å². The maximum absolute atomic E-state index is 10.4. The molecule has 0 atom stereocenters. The molecule has 1 aliphatic rings. The number of allylic oxidation sites excluding steroid dienone is 2. The van der Waals surface area contributed by atoms with E-state index in [0.717, 1.165) is 44.9 Å². The fourth-order valence-corrected chi connectivity index (χ4v) is 6.33. The molecule has 0 saturated heterocycles. The van der Waals surface area contributed by atoms with Gasteiger partial charge in [-0.2, -0.15) is 0 Å². The number of benzene rings is 4. The summed E-state index contributed by atoms with van der Waals surface area (Å²) >= 11 is 0. The van der Waals surface area contributed by atoms with Crippen LogP contribution in [-0.2, 0) is 5.41 Å². The first-order valence-electron chi connectivity index (χ1n) is 13.9. The summed E-state index contributed by atoms with van der Waals surface area (Å²) in [6.45, 7) is 11.5. The average molecular weight is 540 g/mol. The molecule has 5 rings (SSSR count). The molecule has 5 nitrogen and oxygen atoms in total. The van der Waals surface area contributed by atoms with Crippen molar-refractivity contribution in [3.8, 4) is 17.2 Å². The zero-order chi connectivity index (χ0) is 29.0. The molecule has 0 amide bonds. The first-order valence-corrected chi connectivity index (χ1v) is 13.9. The highest BCUT2D eigenvalue weighted by molar-refractivity contribution is 5.87. The van der Waals surface area contributed by atoms with Crippen molar-refractivity contribution >= 4 is 22.6 Å². The summed E-state index contributed by atoms with van der Waals surface area (Å²) in [5, 5.41) is 30.4. The molecule has 0 unspecified atom stereocenters. The van der Waals surface area contributed by atoms with Crippen LogP contribution >= 0.6 is 0 Å². The fraction of sp³-hybridized carbons (Fsp3) is 0.222. The Bertz CT molecular complexity index is 1600. The van der Waals surface area contributed by atoms with Gasteiger partial charge in [0.1, 0.15) is 0 Å². The van der Waals surface area contributed by atoms with Gasteiger partial charge in [0.15, 0.2) is 0 Å². The van der Waals surface area contributed by atoms with Crippen LogP contribution in [0.4, 0.5) is 17.1 Å². The number of aliphatic hydroxyl groups excluding tert-OH is 2. The zero-order valence-corrected chi connectivity index (χ0v) is 23.4. The third-order valence-corrected chi connectivity index (χ3v) is 8.07. The van der Waals surface area contributed by atoms with Crippen molar-refractivity contribution in [1.82, 2.24) is 0 Å². The van der Waals surface area contributed by atoms with E-state index < -0.39 is 5.41 Å². The van der Waals surface area contributed by atoms with Crippen molar-refractivity contribution in [3.63, 3.8) is 0 Å². The number of anilines is 3. The molecule has 0 aliphatic heterocycles. The first kappa shape index (κ1) is 27.9. The summed E-state index contributed by atoms with van der Waals surface area (Å²) in [6, 6.07) is 35.1. The molecule has 0 aromatic heterocycles. The number of aliphatic hydroxyl groups is 2. The lowest BCUT2D eigenvalue weighted by Crippen LogP contribution is -2.28. The van der Waals surface area contributed by atoms with Gasteiger partial charge in [0, 0.05) is 35.7 Å². The van der Waals surface area contributed by atoms with Crippen LogP contribution in [0.25, 0.3) is 21.5 Å². The fourth-order valence-electron chi connectivity index (χ4n) is 6.33. The normalized spacial score (nSPS) is 13.5. The maximum Gasteiger partial charge on any atom is 0.265 e. The Morgan fingerprint density at radius 1 is 0.805 bits per heavy atom. The Morgan fingerprint density at radius 2 is 1.34 bits per heavy atom. The van der Waals surface area contributed by atoms with Gasteiger partial charge in [0.2, 0.25) is 0 Å². The molecule has 4 aromatic carbocycles. The summed E-state index contributed by atoms with van der Waals surface area (Å²) in [6.07, 6.45) is 0.873. The first-order chi connectivity index (χ1) is 20.0. The summed E-state index contributed by atoms with van der Waals surface area (Å²) in [7, 11) is 0. The Kier molecular flexibility index (Phi) is 8.04. The maximum atomic E-state index is 10.4. The molecule has 1 aliphatic carbocycles. The van der Waals surface area contributed by atoms with Crippen LogP contribution < -0.4 is 4.90 Å². The van der Waals surface area contributed by atoms with E-state index in [1.54, 1.807) is 0 Å². The highest BCUT2D eigenvalue weighted by Gasteiger charge is 2.43. The standard InChI is InChI=1S/C36H33N3O2/c1-25(2)35(34(24-37)38-3)26-14-16-30-31-17-15-29(23-33(31)36(18-20-40,19-21-41)32(30)22-26)39(27-10-6-4-7-11-27)28-12-8-5-9-13-28/h4-17,22-23,25,40-41H,18-21H2,1-2H3/b35-34+. The molecule has 4 aromatic rings. The van der Waals surface area contributed by atoms with Gasteiger partial charge in [-0.1, -0.05) is 74.5 Å². The molecule has 0 heterocycles. The highest BCUT2D eigenvalue weighted by Crippen LogP contribution is 2.55. The second-order valence-electron chi connectivity index (χ2n) is 10.7. The predicted molar refractivity (Wildman–Crippen MR) is 165 cm³/mol. The van der Waals surface area contributed by atoms with Gasteiger partial charge < -0.3 is 15.1 Å². The van der Waals surface area contributed by atoms with Crippen LogP contribution in [0.2, 0.25) is 0 Å². The van der Waals surface area contributed by atoms with E-state index in [9.17, 15) is 15.5 Å². The van der Waals surface area contributed by atoms with Gasteiger partial charge in [-0.05, 0) is 88.5 Å². The molecule has 0 spiro atoms. The van der Waals surface area contributed by atoms with E-state index in [2.05, 4.69) is 70.4 Å². The van der Waals surface area contributed by atoms with E-state index >= 15 is 0 Å². The lowest BCUT2D eigenvalue weighted by atomic mass is 9.72. The second-order valence-corrected chi connectivity index (χ2v) is 10.7. The van der Waals surface area contributed by atoms with Crippen molar-refractivity contribution in [1.29, 1.82) is 5.26 Å². The quantitative estimate of drug-likeness (QED) is 0.167. The van der Waals surface area contributed by atoms with Gasteiger partial charge in [0.05, 0.1) is 12.6 Å². The topological polar surface area (TPSA) is 71.8 Å². The number of nitrogens with zero attached hydrogens (tertiary/aromatic N) is 3. The van der Waals surface area contributed by atoms with Crippen LogP contribution in [0.1, 0.15) is 43.4 Å². The molecule has 41 heavy (non-hydrogen) atoms. The molecule has 204 valence electrons. The molecular formula is C36H33N3O2. The largest absolute Gasteiger partial charge is 0.396 e. The summed E-state index contributed by atoms with van der Waals surface area (Å²) in [5.41, 5.74) is 8.23. The van der Waals surface area contributed by atoms with Crippen molar-refractivity contribution in [2.24, 2.45) is 5.92 Å². The van der Waals surface area contributed by atoms with E-state index in [4.69, 9.17) is 6.57 Å². The van der Waals surface area contributed by atoms with E-state index in [1.807, 2.05) is 56.3 Å². The predicted octanol–water partition coefficient (Wildman–Crippen LogP) is 8.00. The minimum Gasteiger partial charge on any atom is -0.396 e. The lowest BCUT2D eigenvalue weighted by molar-refractivity contribution is 0.212. The summed E-state index contributed by atoms with van der Waals surface area (Å²) < 4.78 is 0. The third-order valence-electron chi connectivity index (χ3n) is 8.07. The van der Waals surface area contributed by atoms with Crippen LogP contribution in [0.15, 0.2) is 103 Å². The van der Waals surface area contributed by atoms with Crippen LogP contribution in [0, 0.1) is 23.8 Å². The Hall–Kier alpha value is -4.68. The molecule has 0 fully saturated rings. The number of rotatable bonds is 9. The minimum absolute atomic E-state index is 0.0254. The molecule has 2 N–H and O–H groups in total. The van der Waals surface area contributed by atoms with Crippen molar-refractivity contribution in [2.75, 3.05) is 18.1 Å². The van der Waals surface area contributed by atoms with Gasteiger partial charge in [-0.25, -0.2) is 10.1 Å². The number of para-hydroxylation sites is 2. The van der Waals surface area contributed by atoms with Crippen LogP contribution in [0.3, 0.4) is 0 Å². The van der Waals surface area contributed by atoms with E-state index in [-0.39, 0.29) is 24.8 Å². The molecular weight excluding hydrogens is 506 g/mol. The summed E-state index contributed by atoms with van der Waals surface area (Å²) in [4.78, 5) is 5.73. The summed E-state index contributed by atoms with van der Waals surface area (Å²) in [5.74, 6) is -0.0254. The number of fused-ring (bicyclic) bond motifs is 3. The minimum atomic E-state index is -0.633. The van der Waals surface area contributed by atoms with E-state index in [1.165, 1.54) is 0 Å². The Balaban J connectivity index is 1.75. The lowest BCUT2D eigenvalue weighted by Gasteiger charge is -2.33. The molecule has 0 radical (unpaired) electrons. The molecule has 0 bridgehead atoms. The van der Waals surface area contributed by atoms with E-state index in [0.29, 0.717) is 18.4 Å². The monoisotopic (exact) mass is 539 g/mol. The van der Waals surface area contributed by atoms with Crippen molar-refractivity contribution < 1.29 is 10.2 Å². The van der Waals surface area contributed by atoms with Gasteiger partial charge in [-0.15, -0.1) is 0 Å². The second kappa shape index (κ2) is 11.8. The SMILES string of the molecule is [C-]#[N+]/C(C#N)=C(/c1ccc2c(c1)C(CCO)(CCO)c1cc(N(c3ccccc3)c3ccccc3)ccc1-2)C(C)C. The third kappa shape index (κ3) is 4.92. The highest BCUT2D eigenvalue weighted by atomic mass is 16.3. The van der Waals surface area contributed by atoms with Gasteiger partial charge in [-0.3, -0.25) is 0 Å². The smallest absolute Gasteiger partial charge is 0.265 e. The zero-order valence-electron chi connectivity index (χ0n) is 23.4. The van der Waals surface area contributed by atoms with Crippen molar-refractivity contribution in [3.05, 3.63) is 131 Å².